The van der Waals surface area contributed by atoms with Crippen molar-refractivity contribution in [3.05, 3.63) is 48.3 Å². The van der Waals surface area contributed by atoms with Gasteiger partial charge in [-0.2, -0.15) is 0 Å². The number of hydrogen-bond donors (Lipinski definition) is 0. The van der Waals surface area contributed by atoms with Crippen LogP contribution in [0.3, 0.4) is 0 Å². The maximum absolute atomic E-state index is 12.0. The third-order valence-corrected chi connectivity index (χ3v) is 4.27. The van der Waals surface area contributed by atoms with Crippen LogP contribution in [0.15, 0.2) is 42.7 Å². The molecule has 2 aromatic rings. The van der Waals surface area contributed by atoms with E-state index in [1.807, 2.05) is 24.3 Å². The lowest BCUT2D eigenvalue weighted by molar-refractivity contribution is -0.144. The lowest BCUT2D eigenvalue weighted by Gasteiger charge is -2.24. The monoisotopic (exact) mass is 312 g/mol. The van der Waals surface area contributed by atoms with E-state index in [-0.39, 0.29) is 12.4 Å². The summed E-state index contributed by atoms with van der Waals surface area (Å²) < 4.78 is 7.02. The summed E-state index contributed by atoms with van der Waals surface area (Å²) in [5.74, 6) is 0.830. The molecule has 1 aromatic carbocycles. The lowest BCUT2D eigenvalue weighted by Crippen LogP contribution is -2.22. The van der Waals surface area contributed by atoms with E-state index in [9.17, 15) is 4.79 Å². The van der Waals surface area contributed by atoms with E-state index in [1.165, 1.54) is 6.33 Å². The molecule has 1 aliphatic rings. The first-order valence-electron chi connectivity index (χ1n) is 7.85. The highest BCUT2D eigenvalue weighted by molar-refractivity contribution is 5.72. The summed E-state index contributed by atoms with van der Waals surface area (Å²) in [5.41, 5.74) is 1.78. The second-order valence-corrected chi connectivity index (χ2v) is 5.96. The smallest absolute Gasteiger partial charge is 0.310 e. The van der Waals surface area contributed by atoms with E-state index < -0.39 is 0 Å². The molecule has 1 aliphatic carbocycles. The fraction of sp³-hybridized carbons (Fsp3) is 0.412. The zero-order valence-electron chi connectivity index (χ0n) is 13.1. The fourth-order valence-corrected chi connectivity index (χ4v) is 2.70. The van der Waals surface area contributed by atoms with E-state index in [2.05, 4.69) is 34.6 Å². The molecule has 23 heavy (non-hydrogen) atoms. The summed E-state index contributed by atoms with van der Waals surface area (Å²) in [6.45, 7) is 2.72. The van der Waals surface area contributed by atoms with E-state index in [0.717, 1.165) is 24.1 Å². The maximum Gasteiger partial charge on any atom is 0.310 e. The van der Waals surface area contributed by atoms with Crippen molar-refractivity contribution in [2.24, 2.45) is 11.8 Å². The third-order valence-electron chi connectivity index (χ3n) is 4.27. The topological polar surface area (TPSA) is 69.9 Å². The number of benzene rings is 1. The predicted molar refractivity (Wildman–Crippen MR) is 84.8 cm³/mol. The molecule has 6 nitrogen and oxygen atoms in total. The molecule has 0 amide bonds. The van der Waals surface area contributed by atoms with Crippen LogP contribution in [0.25, 0.3) is 5.69 Å². The van der Waals surface area contributed by atoms with Gasteiger partial charge in [0.1, 0.15) is 6.33 Å². The van der Waals surface area contributed by atoms with Gasteiger partial charge in [-0.1, -0.05) is 31.2 Å². The number of esters is 1. The van der Waals surface area contributed by atoms with Crippen LogP contribution in [0.5, 0.6) is 0 Å². The zero-order valence-corrected chi connectivity index (χ0v) is 13.1. The average Bonchev–Trinajstić information content (AvgIpc) is 3.09. The van der Waals surface area contributed by atoms with E-state index in [1.54, 1.807) is 4.68 Å². The Bertz CT molecular complexity index is 664. The van der Waals surface area contributed by atoms with Crippen LogP contribution < -0.4 is 0 Å². The molecule has 2 atom stereocenters. The molecule has 0 saturated carbocycles. The van der Waals surface area contributed by atoms with Gasteiger partial charge in [-0.15, -0.1) is 5.10 Å². The second-order valence-electron chi connectivity index (χ2n) is 5.96. The van der Waals surface area contributed by atoms with Crippen LogP contribution >= 0.6 is 0 Å². The van der Waals surface area contributed by atoms with Crippen molar-refractivity contribution >= 4 is 5.97 Å². The molecule has 0 fully saturated rings. The molecule has 6 heteroatoms. The number of ether oxygens (including phenoxy) is 1. The maximum atomic E-state index is 12.0. The molecule has 0 spiro atoms. The van der Waals surface area contributed by atoms with Crippen molar-refractivity contribution in [3.8, 4) is 5.69 Å². The molecule has 1 heterocycles. The first kappa shape index (κ1) is 15.4. The predicted octanol–water partition coefficient (Wildman–Crippen LogP) is 2.35. The molecule has 0 N–H and O–H groups in total. The number of nitrogens with zero attached hydrogens (tertiary/aromatic N) is 4. The third kappa shape index (κ3) is 4.03. The Balaban J connectivity index is 1.50. The fourth-order valence-electron chi connectivity index (χ4n) is 2.70. The van der Waals surface area contributed by atoms with Crippen molar-refractivity contribution in [2.45, 2.75) is 26.2 Å². The minimum Gasteiger partial charge on any atom is -0.465 e. The first-order valence-corrected chi connectivity index (χ1v) is 7.85. The van der Waals surface area contributed by atoms with Crippen molar-refractivity contribution in [2.75, 3.05) is 6.61 Å². The largest absolute Gasteiger partial charge is 0.465 e. The summed E-state index contributed by atoms with van der Waals surface area (Å²) in [7, 11) is 0. The highest BCUT2D eigenvalue weighted by atomic mass is 16.5. The van der Waals surface area contributed by atoms with Gasteiger partial charge in [-0.25, -0.2) is 4.68 Å². The number of carbonyl (C=O) groups excluding carboxylic acids is 1. The van der Waals surface area contributed by atoms with Crippen LogP contribution in [-0.2, 0) is 16.0 Å². The van der Waals surface area contributed by atoms with Gasteiger partial charge < -0.3 is 4.74 Å². The van der Waals surface area contributed by atoms with Crippen LogP contribution in [-0.4, -0.2) is 32.8 Å². The van der Waals surface area contributed by atoms with Gasteiger partial charge >= 0.3 is 5.97 Å². The van der Waals surface area contributed by atoms with Gasteiger partial charge in [0.25, 0.3) is 0 Å². The highest BCUT2D eigenvalue weighted by Crippen LogP contribution is 2.25. The zero-order chi connectivity index (χ0) is 16.1. The van der Waals surface area contributed by atoms with Crippen molar-refractivity contribution in [3.63, 3.8) is 0 Å². The Morgan fingerprint density at radius 1 is 1.26 bits per heavy atom. The average molecular weight is 312 g/mol. The molecule has 120 valence electrons. The summed E-state index contributed by atoms with van der Waals surface area (Å²) in [6, 6.07) is 7.55. The Morgan fingerprint density at radius 3 is 2.74 bits per heavy atom. The molecule has 0 saturated heterocycles. The molecule has 0 bridgehead atoms. The number of tetrazole rings is 1. The van der Waals surface area contributed by atoms with Gasteiger partial charge in [0, 0.05) is 0 Å². The van der Waals surface area contributed by atoms with Gasteiger partial charge in [0.15, 0.2) is 0 Å². The standard InChI is InChI=1S/C17H20N4O2/c1-13-4-2-3-5-15(13)11-23-17(22)10-14-6-8-16(9-7-14)21-12-18-19-20-21/h2-3,6-9,12-13,15H,4-5,10-11H2,1H3. The number of carbonyl (C=O) groups is 1. The Kier molecular flexibility index (Phi) is 4.80. The number of allylic oxidation sites excluding steroid dienone is 2. The van der Waals surface area contributed by atoms with Gasteiger partial charge in [0.05, 0.1) is 18.7 Å². The molecule has 3 rings (SSSR count). The van der Waals surface area contributed by atoms with Crippen LogP contribution in [0, 0.1) is 11.8 Å². The first-order chi connectivity index (χ1) is 11.2. The molecule has 0 radical (unpaired) electrons. The summed E-state index contributed by atoms with van der Waals surface area (Å²) in [5, 5.41) is 11.0. The summed E-state index contributed by atoms with van der Waals surface area (Å²) in [4.78, 5) is 12.0. The molecular weight excluding hydrogens is 292 g/mol. The van der Waals surface area contributed by atoms with Crippen molar-refractivity contribution < 1.29 is 9.53 Å². The van der Waals surface area contributed by atoms with Crippen LogP contribution in [0.4, 0.5) is 0 Å². The van der Waals surface area contributed by atoms with E-state index in [0.29, 0.717) is 18.4 Å². The highest BCUT2D eigenvalue weighted by Gasteiger charge is 2.20. The minimum absolute atomic E-state index is 0.179. The SMILES string of the molecule is CC1CC=CCC1COC(=O)Cc1ccc(-n2cnnn2)cc1. The normalized spacial score (nSPS) is 20.4. The number of rotatable bonds is 5. The molecule has 1 aromatic heterocycles. The van der Waals surface area contributed by atoms with Gasteiger partial charge in [-0.3, -0.25) is 4.79 Å². The van der Waals surface area contributed by atoms with Crippen LogP contribution in [0.2, 0.25) is 0 Å². The second kappa shape index (κ2) is 7.17. The van der Waals surface area contributed by atoms with E-state index >= 15 is 0 Å². The Labute approximate surface area is 135 Å². The quantitative estimate of drug-likeness (QED) is 0.626. The van der Waals surface area contributed by atoms with E-state index in [4.69, 9.17) is 4.74 Å². The van der Waals surface area contributed by atoms with Gasteiger partial charge in [-0.05, 0) is 52.8 Å². The van der Waals surface area contributed by atoms with Gasteiger partial charge in [0.2, 0.25) is 0 Å². The minimum atomic E-state index is -0.179. The number of aromatic nitrogens is 4. The lowest BCUT2D eigenvalue weighted by atomic mass is 9.85. The molecule has 0 aliphatic heterocycles. The summed E-state index contributed by atoms with van der Waals surface area (Å²) >= 11 is 0. The summed E-state index contributed by atoms with van der Waals surface area (Å²) in [6.07, 6.45) is 8.26. The Morgan fingerprint density at radius 2 is 2.04 bits per heavy atom. The number of hydrogen-bond acceptors (Lipinski definition) is 5. The molecular formula is C17H20N4O2. The molecule has 2 unspecified atom stereocenters. The Hall–Kier alpha value is -2.50. The van der Waals surface area contributed by atoms with Crippen molar-refractivity contribution in [1.29, 1.82) is 0 Å². The van der Waals surface area contributed by atoms with Crippen LogP contribution in [0.1, 0.15) is 25.3 Å². The van der Waals surface area contributed by atoms with Crippen molar-refractivity contribution in [1.82, 2.24) is 20.2 Å².